The molecule has 0 unspecified atom stereocenters. The van der Waals surface area contributed by atoms with Crippen LogP contribution in [0.5, 0.6) is 0 Å². The van der Waals surface area contributed by atoms with Crippen LogP contribution in [0.15, 0.2) is 49.1 Å². The second kappa shape index (κ2) is 9.14. The van der Waals surface area contributed by atoms with E-state index in [1.807, 2.05) is 24.3 Å². The summed E-state index contributed by atoms with van der Waals surface area (Å²) in [5.41, 5.74) is 2.35. The van der Waals surface area contributed by atoms with E-state index in [-0.39, 0.29) is 18.6 Å². The molecule has 1 radical (unpaired) electrons. The summed E-state index contributed by atoms with van der Waals surface area (Å²) in [5, 5.41) is 0. The minimum atomic E-state index is 0. The second-order valence-corrected chi connectivity index (χ2v) is 3.18. The van der Waals surface area contributed by atoms with E-state index in [1.54, 1.807) is 24.8 Å². The van der Waals surface area contributed by atoms with E-state index in [9.17, 15) is 0 Å². The molecule has 0 bridgehead atoms. The molecular formula is C13H16N2V. The Morgan fingerprint density at radius 3 is 1.25 bits per heavy atom. The maximum absolute atomic E-state index is 3.96. The van der Waals surface area contributed by atoms with Crippen LogP contribution in [0.4, 0.5) is 0 Å². The number of hydrogen-bond acceptors (Lipinski definition) is 2. The summed E-state index contributed by atoms with van der Waals surface area (Å²) in [5.74, 6) is 0. The van der Waals surface area contributed by atoms with Gasteiger partial charge in [-0.05, 0) is 35.4 Å². The fourth-order valence-electron chi connectivity index (χ4n) is 1.09. The molecule has 0 saturated carbocycles. The molecule has 0 aromatic carbocycles. The van der Waals surface area contributed by atoms with Crippen LogP contribution in [0.3, 0.4) is 0 Å². The summed E-state index contributed by atoms with van der Waals surface area (Å²) in [4.78, 5) is 7.91. The number of rotatable bonds is 1. The normalized spacial score (nSPS) is 8.38. The Kier molecular flexibility index (Phi) is 8.50. The molecule has 0 atom stereocenters. The minimum absolute atomic E-state index is 0. The van der Waals surface area contributed by atoms with E-state index < -0.39 is 0 Å². The van der Waals surface area contributed by atoms with E-state index in [0.717, 1.165) is 0 Å². The summed E-state index contributed by atoms with van der Waals surface area (Å²) in [6.45, 7) is 4.25. The zero-order chi connectivity index (χ0) is 10.9. The average Bonchev–Trinajstić information content (AvgIpc) is 2.32. The van der Waals surface area contributed by atoms with Crippen molar-refractivity contribution in [1.82, 2.24) is 9.97 Å². The van der Waals surface area contributed by atoms with Gasteiger partial charge in [-0.1, -0.05) is 20.3 Å². The van der Waals surface area contributed by atoms with E-state index in [4.69, 9.17) is 0 Å². The molecule has 2 aromatic heterocycles. The molecule has 0 aliphatic heterocycles. The minimum Gasteiger partial charge on any atom is -0.265 e. The van der Waals surface area contributed by atoms with Gasteiger partial charge in [-0.2, -0.15) is 0 Å². The summed E-state index contributed by atoms with van der Waals surface area (Å²) in [6.07, 6.45) is 8.40. The third-order valence-electron chi connectivity index (χ3n) is 1.69. The summed E-state index contributed by atoms with van der Waals surface area (Å²) < 4.78 is 0. The molecule has 83 valence electrons. The van der Waals surface area contributed by atoms with Gasteiger partial charge in [-0.3, -0.25) is 9.97 Å². The third kappa shape index (κ3) is 5.10. The zero-order valence-corrected chi connectivity index (χ0v) is 11.1. The van der Waals surface area contributed by atoms with Crippen LogP contribution in [0.1, 0.15) is 20.3 Å². The first-order valence-electron chi connectivity index (χ1n) is 5.19. The van der Waals surface area contributed by atoms with Crippen LogP contribution in [0, 0.1) is 0 Å². The van der Waals surface area contributed by atoms with Crippen LogP contribution < -0.4 is 0 Å². The van der Waals surface area contributed by atoms with Crippen molar-refractivity contribution in [3.63, 3.8) is 0 Å². The SMILES string of the molecule is CCC.[V].c1cc(-c2ccncc2)ccn1. The van der Waals surface area contributed by atoms with E-state index in [2.05, 4.69) is 23.8 Å². The van der Waals surface area contributed by atoms with Gasteiger partial charge in [0.05, 0.1) is 0 Å². The summed E-state index contributed by atoms with van der Waals surface area (Å²) >= 11 is 0. The van der Waals surface area contributed by atoms with Gasteiger partial charge < -0.3 is 0 Å². The van der Waals surface area contributed by atoms with Gasteiger partial charge in [0, 0.05) is 43.3 Å². The predicted octanol–water partition coefficient (Wildman–Crippen LogP) is 3.56. The molecule has 16 heavy (non-hydrogen) atoms. The van der Waals surface area contributed by atoms with Gasteiger partial charge in [-0.25, -0.2) is 0 Å². The Morgan fingerprint density at radius 2 is 1.00 bits per heavy atom. The zero-order valence-electron chi connectivity index (χ0n) is 9.67. The molecule has 0 N–H and O–H groups in total. The van der Waals surface area contributed by atoms with Crippen molar-refractivity contribution in [1.29, 1.82) is 0 Å². The Bertz CT molecular complexity index is 325. The number of hydrogen-bond donors (Lipinski definition) is 0. The molecule has 3 heteroatoms. The quantitative estimate of drug-likeness (QED) is 0.774. The fraction of sp³-hybridized carbons (Fsp3) is 0.231. The first-order valence-corrected chi connectivity index (χ1v) is 5.19. The molecule has 0 spiro atoms. The van der Waals surface area contributed by atoms with Crippen molar-refractivity contribution in [2.45, 2.75) is 20.3 Å². The van der Waals surface area contributed by atoms with Gasteiger partial charge in [0.15, 0.2) is 0 Å². The maximum Gasteiger partial charge on any atom is 0.0273 e. The second-order valence-electron chi connectivity index (χ2n) is 3.18. The summed E-state index contributed by atoms with van der Waals surface area (Å²) in [6, 6.07) is 7.93. The van der Waals surface area contributed by atoms with E-state index in [0.29, 0.717) is 0 Å². The van der Waals surface area contributed by atoms with Crippen LogP contribution in [0.25, 0.3) is 11.1 Å². The fourth-order valence-corrected chi connectivity index (χ4v) is 1.09. The van der Waals surface area contributed by atoms with Crippen molar-refractivity contribution >= 4 is 0 Å². The molecule has 0 aliphatic rings. The predicted molar refractivity (Wildman–Crippen MR) is 63.4 cm³/mol. The molecule has 2 nitrogen and oxygen atoms in total. The van der Waals surface area contributed by atoms with E-state index >= 15 is 0 Å². The van der Waals surface area contributed by atoms with Crippen molar-refractivity contribution in [2.24, 2.45) is 0 Å². The van der Waals surface area contributed by atoms with Crippen LogP contribution in [-0.2, 0) is 18.6 Å². The van der Waals surface area contributed by atoms with Gasteiger partial charge in [0.2, 0.25) is 0 Å². The monoisotopic (exact) mass is 251 g/mol. The first-order chi connectivity index (χ1) is 7.38. The Hall–Kier alpha value is -1.12. The Labute approximate surface area is 109 Å². The standard InChI is InChI=1S/C10H8N2.C3H8.V/c1-5-11-6-2-9(1)10-3-7-12-8-4-10;1-3-2;/h1-8H;3H2,1-2H3;. The van der Waals surface area contributed by atoms with Gasteiger partial charge in [0.1, 0.15) is 0 Å². The van der Waals surface area contributed by atoms with Crippen molar-refractivity contribution in [3.05, 3.63) is 49.1 Å². The number of pyridine rings is 2. The Morgan fingerprint density at radius 1 is 0.750 bits per heavy atom. The summed E-state index contributed by atoms with van der Waals surface area (Å²) in [7, 11) is 0. The molecule has 0 amide bonds. The third-order valence-corrected chi connectivity index (χ3v) is 1.69. The molecule has 0 saturated heterocycles. The van der Waals surface area contributed by atoms with E-state index in [1.165, 1.54) is 17.5 Å². The van der Waals surface area contributed by atoms with Crippen molar-refractivity contribution in [2.75, 3.05) is 0 Å². The maximum atomic E-state index is 3.96. The molecular weight excluding hydrogens is 235 g/mol. The molecule has 0 aliphatic carbocycles. The first kappa shape index (κ1) is 14.9. The van der Waals surface area contributed by atoms with Crippen molar-refractivity contribution < 1.29 is 18.6 Å². The smallest absolute Gasteiger partial charge is 0.0273 e. The largest absolute Gasteiger partial charge is 0.265 e. The van der Waals surface area contributed by atoms with Crippen LogP contribution >= 0.6 is 0 Å². The van der Waals surface area contributed by atoms with Crippen molar-refractivity contribution in [3.8, 4) is 11.1 Å². The van der Waals surface area contributed by atoms with Gasteiger partial charge in [0.25, 0.3) is 0 Å². The van der Waals surface area contributed by atoms with Gasteiger partial charge in [-0.15, -0.1) is 0 Å². The number of aromatic nitrogens is 2. The van der Waals surface area contributed by atoms with Crippen LogP contribution in [-0.4, -0.2) is 9.97 Å². The molecule has 2 rings (SSSR count). The van der Waals surface area contributed by atoms with Gasteiger partial charge >= 0.3 is 0 Å². The van der Waals surface area contributed by atoms with Crippen LogP contribution in [0.2, 0.25) is 0 Å². The molecule has 2 heterocycles. The molecule has 2 aromatic rings. The topological polar surface area (TPSA) is 25.8 Å². The Balaban J connectivity index is 0.000000511. The molecule has 0 fully saturated rings. The average molecular weight is 251 g/mol. The number of nitrogens with zero attached hydrogens (tertiary/aromatic N) is 2.